The van der Waals surface area contributed by atoms with Gasteiger partial charge in [-0.3, -0.25) is 4.79 Å². The van der Waals surface area contributed by atoms with Crippen molar-refractivity contribution < 1.29 is 19.8 Å². The van der Waals surface area contributed by atoms with Gasteiger partial charge in [0.1, 0.15) is 11.4 Å². The molecule has 0 aromatic heterocycles. The third kappa shape index (κ3) is 2.97. The second-order valence-electron chi connectivity index (χ2n) is 5.65. The third-order valence-electron chi connectivity index (χ3n) is 3.92. The van der Waals surface area contributed by atoms with Gasteiger partial charge in [-0.15, -0.1) is 0 Å². The molecule has 0 aliphatic heterocycles. The zero-order valence-corrected chi connectivity index (χ0v) is 11.9. The van der Waals surface area contributed by atoms with Crippen LogP contribution in [0.15, 0.2) is 23.8 Å². The molecule has 1 fully saturated rings. The van der Waals surface area contributed by atoms with Gasteiger partial charge in [0, 0.05) is 18.9 Å². The highest BCUT2D eigenvalue weighted by Gasteiger charge is 2.54. The predicted molar refractivity (Wildman–Crippen MR) is 72.6 cm³/mol. The Balaban J connectivity index is 3.17. The van der Waals surface area contributed by atoms with Crippen molar-refractivity contribution in [2.75, 3.05) is 0 Å². The molecule has 0 amide bonds. The number of hydrogen-bond donors (Lipinski definition) is 2. The minimum absolute atomic E-state index is 0.00360. The van der Waals surface area contributed by atoms with Gasteiger partial charge in [-0.1, -0.05) is 19.1 Å². The molecule has 1 aliphatic carbocycles. The summed E-state index contributed by atoms with van der Waals surface area (Å²) >= 11 is 0. The zero-order chi connectivity index (χ0) is 15.6. The smallest absolute Gasteiger partial charge is 0.328 e. The standard InChI is InChI=1S/C15H19NO4/c1-10(6-13(18)19)4-5-15(20)11(2)7-12(17)8-14(15,3)9-16/h4-6,11,20H,7-8H2,1-3H3,(H,18,19)/b5-4+,10-6-/t11-,14?,15+/m0/s1. The van der Waals surface area contributed by atoms with Crippen molar-refractivity contribution in [3.8, 4) is 6.07 Å². The largest absolute Gasteiger partial charge is 0.478 e. The van der Waals surface area contributed by atoms with Crippen LogP contribution in [0.25, 0.3) is 0 Å². The van der Waals surface area contributed by atoms with Gasteiger partial charge in [0.2, 0.25) is 0 Å². The molecule has 5 nitrogen and oxygen atoms in total. The maximum Gasteiger partial charge on any atom is 0.328 e. The van der Waals surface area contributed by atoms with E-state index in [4.69, 9.17) is 5.11 Å². The summed E-state index contributed by atoms with van der Waals surface area (Å²) < 4.78 is 0. The Kier molecular flexibility index (Phi) is 4.51. The topological polar surface area (TPSA) is 98.4 Å². The van der Waals surface area contributed by atoms with Crippen molar-refractivity contribution in [1.29, 1.82) is 5.26 Å². The zero-order valence-electron chi connectivity index (χ0n) is 11.9. The van der Waals surface area contributed by atoms with E-state index in [1.54, 1.807) is 20.8 Å². The van der Waals surface area contributed by atoms with Crippen molar-refractivity contribution in [1.82, 2.24) is 0 Å². The number of ketones is 1. The number of aliphatic hydroxyl groups is 1. The van der Waals surface area contributed by atoms with E-state index in [0.29, 0.717) is 5.57 Å². The van der Waals surface area contributed by atoms with Crippen LogP contribution in [0.5, 0.6) is 0 Å². The SMILES string of the molecule is CC(=C/C(=O)O)/C=C/[C@@]1(O)[C@@H](C)CC(=O)CC1(C)C#N. The fraction of sp³-hybridized carbons (Fsp3) is 0.533. The van der Waals surface area contributed by atoms with Gasteiger partial charge in [0.25, 0.3) is 0 Å². The second kappa shape index (κ2) is 5.59. The summed E-state index contributed by atoms with van der Waals surface area (Å²) in [5.74, 6) is -1.52. The van der Waals surface area contributed by atoms with Gasteiger partial charge >= 0.3 is 5.97 Å². The second-order valence-corrected chi connectivity index (χ2v) is 5.65. The number of carbonyl (C=O) groups excluding carboxylic acids is 1. The molecule has 0 heterocycles. The molecule has 1 unspecified atom stereocenters. The van der Waals surface area contributed by atoms with Crippen LogP contribution in [-0.4, -0.2) is 27.6 Å². The van der Waals surface area contributed by atoms with E-state index in [-0.39, 0.29) is 18.6 Å². The first-order valence-electron chi connectivity index (χ1n) is 6.40. The molecule has 1 aliphatic rings. The summed E-state index contributed by atoms with van der Waals surface area (Å²) in [6, 6.07) is 2.04. The van der Waals surface area contributed by atoms with Crippen LogP contribution in [0.1, 0.15) is 33.6 Å². The van der Waals surface area contributed by atoms with Gasteiger partial charge in [0.05, 0.1) is 11.5 Å². The Labute approximate surface area is 118 Å². The molecular formula is C15H19NO4. The molecule has 20 heavy (non-hydrogen) atoms. The Morgan fingerprint density at radius 2 is 2.15 bits per heavy atom. The number of Topliss-reactive ketones (excluding diaryl/α,β-unsaturated/α-hetero) is 1. The van der Waals surface area contributed by atoms with E-state index in [0.717, 1.165) is 6.08 Å². The summed E-state index contributed by atoms with van der Waals surface area (Å²) in [5, 5.41) is 28.8. The molecule has 0 spiro atoms. The highest BCUT2D eigenvalue weighted by Crippen LogP contribution is 2.46. The molecule has 2 N–H and O–H groups in total. The number of carboxylic acids is 1. The summed E-state index contributed by atoms with van der Waals surface area (Å²) in [6.45, 7) is 4.87. The predicted octanol–water partition coefficient (Wildman–Crippen LogP) is 1.83. The molecule has 0 radical (unpaired) electrons. The van der Waals surface area contributed by atoms with E-state index >= 15 is 0 Å². The number of nitrogens with zero attached hydrogens (tertiary/aromatic N) is 1. The van der Waals surface area contributed by atoms with E-state index in [9.17, 15) is 20.0 Å². The van der Waals surface area contributed by atoms with Crippen molar-refractivity contribution in [2.24, 2.45) is 11.3 Å². The van der Waals surface area contributed by atoms with E-state index in [1.807, 2.05) is 6.07 Å². The molecule has 0 saturated heterocycles. The van der Waals surface area contributed by atoms with Crippen molar-refractivity contribution in [2.45, 2.75) is 39.2 Å². The van der Waals surface area contributed by atoms with Gasteiger partial charge < -0.3 is 10.2 Å². The molecule has 108 valence electrons. The van der Waals surface area contributed by atoms with E-state index in [2.05, 4.69) is 0 Å². The normalized spacial score (nSPS) is 35.0. The number of aliphatic carboxylic acids is 1. The first-order chi connectivity index (χ1) is 9.14. The lowest BCUT2D eigenvalue weighted by molar-refractivity contribution is -0.138. The maximum atomic E-state index is 11.6. The highest BCUT2D eigenvalue weighted by atomic mass is 16.4. The summed E-state index contributed by atoms with van der Waals surface area (Å²) in [4.78, 5) is 22.2. The van der Waals surface area contributed by atoms with Crippen LogP contribution in [-0.2, 0) is 9.59 Å². The lowest BCUT2D eigenvalue weighted by Crippen LogP contribution is -2.54. The van der Waals surface area contributed by atoms with E-state index < -0.39 is 22.9 Å². The average Bonchev–Trinajstić information content (AvgIpc) is 2.33. The number of rotatable bonds is 3. The molecule has 0 aromatic carbocycles. The first-order valence-corrected chi connectivity index (χ1v) is 6.40. The Morgan fingerprint density at radius 1 is 1.55 bits per heavy atom. The number of nitriles is 1. The highest BCUT2D eigenvalue weighted by molar-refractivity contribution is 5.82. The number of allylic oxidation sites excluding steroid dienone is 2. The monoisotopic (exact) mass is 277 g/mol. The molecule has 1 saturated carbocycles. The lowest BCUT2D eigenvalue weighted by atomic mass is 9.60. The number of carboxylic acid groups (broad SMARTS) is 1. The van der Waals surface area contributed by atoms with Crippen molar-refractivity contribution in [3.05, 3.63) is 23.8 Å². The average molecular weight is 277 g/mol. The van der Waals surface area contributed by atoms with Crippen LogP contribution in [0.2, 0.25) is 0 Å². The number of hydrogen-bond acceptors (Lipinski definition) is 4. The van der Waals surface area contributed by atoms with Gasteiger partial charge in [0.15, 0.2) is 0 Å². The maximum absolute atomic E-state index is 11.6. The molecule has 3 atom stereocenters. The minimum Gasteiger partial charge on any atom is -0.478 e. The fourth-order valence-electron chi connectivity index (χ4n) is 2.63. The summed E-state index contributed by atoms with van der Waals surface area (Å²) in [6.07, 6.45) is 4.15. The Bertz CT molecular complexity index is 528. The molecule has 1 rings (SSSR count). The van der Waals surface area contributed by atoms with E-state index in [1.165, 1.54) is 12.2 Å². The molecule has 5 heteroatoms. The van der Waals surface area contributed by atoms with Gasteiger partial charge in [-0.2, -0.15) is 5.26 Å². The Morgan fingerprint density at radius 3 is 2.65 bits per heavy atom. The first kappa shape index (κ1) is 16.1. The molecule has 0 aromatic rings. The molecule has 0 bridgehead atoms. The molecular weight excluding hydrogens is 258 g/mol. The summed E-state index contributed by atoms with van der Waals surface area (Å²) in [5.41, 5.74) is -2.21. The van der Waals surface area contributed by atoms with Crippen LogP contribution in [0.4, 0.5) is 0 Å². The van der Waals surface area contributed by atoms with Gasteiger partial charge in [-0.25, -0.2) is 4.79 Å². The van der Waals surface area contributed by atoms with Crippen molar-refractivity contribution in [3.63, 3.8) is 0 Å². The van der Waals surface area contributed by atoms with Crippen LogP contribution < -0.4 is 0 Å². The quantitative estimate of drug-likeness (QED) is 0.605. The van der Waals surface area contributed by atoms with Crippen LogP contribution >= 0.6 is 0 Å². The third-order valence-corrected chi connectivity index (χ3v) is 3.92. The fourth-order valence-corrected chi connectivity index (χ4v) is 2.63. The lowest BCUT2D eigenvalue weighted by Gasteiger charge is -2.45. The van der Waals surface area contributed by atoms with Crippen molar-refractivity contribution >= 4 is 11.8 Å². The number of carbonyl (C=O) groups is 2. The van der Waals surface area contributed by atoms with Crippen LogP contribution in [0.3, 0.4) is 0 Å². The summed E-state index contributed by atoms with van der Waals surface area (Å²) in [7, 11) is 0. The van der Waals surface area contributed by atoms with Gasteiger partial charge in [-0.05, 0) is 25.3 Å². The Hall–Kier alpha value is -1.93. The van der Waals surface area contributed by atoms with Crippen LogP contribution in [0, 0.1) is 22.7 Å². The minimum atomic E-state index is -1.46.